The lowest BCUT2D eigenvalue weighted by Crippen LogP contribution is -2.22. The molecule has 2 aromatic heterocycles. The Bertz CT molecular complexity index is 1690. The van der Waals surface area contributed by atoms with Gasteiger partial charge in [0.15, 0.2) is 5.78 Å². The van der Waals surface area contributed by atoms with Gasteiger partial charge >= 0.3 is 0 Å². The van der Waals surface area contributed by atoms with Gasteiger partial charge in [-0.15, -0.1) is 0 Å². The summed E-state index contributed by atoms with van der Waals surface area (Å²) in [5.74, 6) is 2.29. The Morgan fingerprint density at radius 3 is 2.85 bits per heavy atom. The lowest BCUT2D eigenvalue weighted by molar-refractivity contribution is -0.114. The van der Waals surface area contributed by atoms with Crippen LogP contribution in [-0.2, 0) is 11.2 Å². The number of ether oxygens (including phenoxy) is 1. The van der Waals surface area contributed by atoms with E-state index < -0.39 is 0 Å². The highest BCUT2D eigenvalue weighted by Gasteiger charge is 2.18. The molecular weight excluding hydrogens is 488 g/mol. The average molecular weight is 519 g/mol. The molecule has 0 unspecified atom stereocenters. The van der Waals surface area contributed by atoms with Crippen LogP contribution in [0.1, 0.15) is 24.0 Å². The Labute approximate surface area is 226 Å². The molecule has 8 heteroatoms. The number of carbonyl (C=O) groups is 1. The zero-order valence-electron chi connectivity index (χ0n) is 22.0. The highest BCUT2D eigenvalue weighted by molar-refractivity contribution is 5.94. The van der Waals surface area contributed by atoms with Gasteiger partial charge in [0, 0.05) is 29.6 Å². The van der Waals surface area contributed by atoms with Crippen LogP contribution >= 0.6 is 0 Å². The Morgan fingerprint density at radius 1 is 1.10 bits per heavy atom. The first-order chi connectivity index (χ1) is 19.0. The van der Waals surface area contributed by atoms with Crippen LogP contribution in [-0.4, -0.2) is 50.3 Å². The van der Waals surface area contributed by atoms with Crippen molar-refractivity contribution in [3.63, 3.8) is 0 Å². The summed E-state index contributed by atoms with van der Waals surface area (Å²) in [6.45, 7) is 3.09. The van der Waals surface area contributed by atoms with Gasteiger partial charge in [0.2, 0.25) is 0 Å². The molecule has 196 valence electrons. The second kappa shape index (κ2) is 10.7. The monoisotopic (exact) mass is 518 g/mol. The number of likely N-dealkylation sites (tertiary alicyclic amines) is 1. The van der Waals surface area contributed by atoms with Crippen molar-refractivity contribution in [1.82, 2.24) is 24.8 Å². The van der Waals surface area contributed by atoms with Gasteiger partial charge in [-0.25, -0.2) is 15.0 Å². The highest BCUT2D eigenvalue weighted by atomic mass is 16.5. The lowest BCUT2D eigenvalue weighted by atomic mass is 10.0. The van der Waals surface area contributed by atoms with Crippen molar-refractivity contribution < 1.29 is 9.53 Å². The topological polar surface area (TPSA) is 96.0 Å². The summed E-state index contributed by atoms with van der Waals surface area (Å²) in [7, 11) is 2.11. The number of allylic oxidation sites excluding steroid dienone is 1. The summed E-state index contributed by atoms with van der Waals surface area (Å²) in [4.78, 5) is 31.2. The Hall–Kier alpha value is -4.56. The van der Waals surface area contributed by atoms with Crippen LogP contribution in [0.2, 0.25) is 0 Å². The van der Waals surface area contributed by atoms with Crippen LogP contribution < -0.4 is 10.1 Å². The maximum Gasteiger partial charge on any atom is 0.159 e. The second-order valence-corrected chi connectivity index (χ2v) is 10.1. The molecule has 1 saturated heterocycles. The minimum atomic E-state index is 0.0962. The van der Waals surface area contributed by atoms with Crippen LogP contribution in [0.25, 0.3) is 21.9 Å². The first-order valence-electron chi connectivity index (χ1n) is 13.2. The molecular formula is C31H30N6O2. The van der Waals surface area contributed by atoms with Gasteiger partial charge in [-0.3, -0.25) is 9.69 Å². The Balaban J connectivity index is 1.18. The van der Waals surface area contributed by atoms with Crippen molar-refractivity contribution >= 4 is 39.2 Å². The predicted molar refractivity (Wildman–Crippen MR) is 154 cm³/mol. The predicted octanol–water partition coefficient (Wildman–Crippen LogP) is 6.11. The molecule has 0 bridgehead atoms. The normalized spacial score (nSPS) is 15.9. The van der Waals surface area contributed by atoms with Crippen LogP contribution in [0.5, 0.6) is 11.5 Å². The summed E-state index contributed by atoms with van der Waals surface area (Å²) < 4.78 is 6.13. The molecule has 0 aliphatic carbocycles. The number of nitrogens with one attached hydrogen (secondary N) is 2. The summed E-state index contributed by atoms with van der Waals surface area (Å²) in [5, 5.41) is 4.29. The Kier molecular flexibility index (Phi) is 6.77. The van der Waals surface area contributed by atoms with Crippen LogP contribution in [0.15, 0.2) is 79.4 Å². The molecule has 3 aromatic carbocycles. The number of aryl methyl sites for hydroxylation is 1. The Morgan fingerprint density at radius 2 is 2.00 bits per heavy atom. The van der Waals surface area contributed by atoms with E-state index in [0.29, 0.717) is 18.3 Å². The molecule has 2 N–H and O–H groups in total. The van der Waals surface area contributed by atoms with Crippen molar-refractivity contribution in [3.05, 3.63) is 90.5 Å². The number of hydrogen-bond acceptors (Lipinski definition) is 7. The van der Waals surface area contributed by atoms with Gasteiger partial charge in [0.1, 0.15) is 23.6 Å². The zero-order valence-corrected chi connectivity index (χ0v) is 22.0. The number of benzene rings is 3. The number of aromatic amines is 1. The van der Waals surface area contributed by atoms with E-state index in [-0.39, 0.29) is 5.78 Å². The van der Waals surface area contributed by atoms with Crippen LogP contribution in [0.4, 0.5) is 11.5 Å². The first-order valence-corrected chi connectivity index (χ1v) is 13.2. The smallest absolute Gasteiger partial charge is 0.159 e. The van der Waals surface area contributed by atoms with E-state index in [1.54, 1.807) is 18.7 Å². The number of hydrogen-bond donors (Lipinski definition) is 2. The quantitative estimate of drug-likeness (QED) is 0.239. The summed E-state index contributed by atoms with van der Waals surface area (Å²) in [6, 6.07) is 18.0. The second-order valence-electron chi connectivity index (χ2n) is 10.1. The molecule has 0 saturated carbocycles. The molecule has 39 heavy (non-hydrogen) atoms. The molecule has 0 amide bonds. The third-order valence-electron chi connectivity index (χ3n) is 7.22. The van der Waals surface area contributed by atoms with Crippen LogP contribution in [0.3, 0.4) is 0 Å². The van der Waals surface area contributed by atoms with E-state index in [4.69, 9.17) is 4.74 Å². The van der Waals surface area contributed by atoms with Crippen molar-refractivity contribution in [2.45, 2.75) is 32.2 Å². The summed E-state index contributed by atoms with van der Waals surface area (Å²) in [5.41, 5.74) is 5.44. The largest absolute Gasteiger partial charge is 0.457 e. The SMILES string of the molecule is Cc1cc(Nc2ncnc3ccc(CC(=O)/C=C/[C@H]4CCCN4C)cc23)ccc1Oc1ccc2nc[nH]c2c1. The van der Waals surface area contributed by atoms with E-state index in [1.807, 2.05) is 67.6 Å². The van der Waals surface area contributed by atoms with E-state index in [9.17, 15) is 4.79 Å². The molecule has 6 rings (SSSR count). The fourth-order valence-corrected chi connectivity index (χ4v) is 5.05. The number of anilines is 2. The molecule has 3 heterocycles. The van der Waals surface area contributed by atoms with Crippen molar-refractivity contribution in [3.8, 4) is 11.5 Å². The third-order valence-corrected chi connectivity index (χ3v) is 7.22. The third kappa shape index (κ3) is 5.51. The van der Waals surface area contributed by atoms with Crippen LogP contribution in [0, 0.1) is 6.92 Å². The molecule has 1 aliphatic heterocycles. The number of nitrogens with zero attached hydrogens (tertiary/aromatic N) is 4. The molecule has 1 fully saturated rings. The maximum absolute atomic E-state index is 12.7. The lowest BCUT2D eigenvalue weighted by Gasteiger charge is -2.14. The van der Waals surface area contributed by atoms with Crippen molar-refractivity contribution in [2.75, 3.05) is 18.9 Å². The average Bonchev–Trinajstić information content (AvgIpc) is 3.57. The standard InChI is InChI=1S/C31H30N6O2/c1-20-14-22(6-12-30(20)39-25-9-11-28-29(17-25)34-18-33-28)36-31-26-16-21(5-10-27(26)32-19-35-31)15-24(38)8-7-23-4-3-13-37(23)2/h5-12,14,16-19,23H,3-4,13,15H2,1-2H3,(H,33,34)(H,32,35,36)/b8-7+/t23-/m1/s1. The van der Waals surface area contributed by atoms with E-state index in [0.717, 1.165) is 63.2 Å². The van der Waals surface area contributed by atoms with Gasteiger partial charge in [0.05, 0.1) is 22.9 Å². The van der Waals surface area contributed by atoms with Gasteiger partial charge < -0.3 is 15.0 Å². The van der Waals surface area contributed by atoms with Crippen molar-refractivity contribution in [1.29, 1.82) is 0 Å². The number of imidazole rings is 1. The van der Waals surface area contributed by atoms with E-state index in [2.05, 4.69) is 37.2 Å². The molecule has 0 spiro atoms. The fraction of sp³-hybridized carbons (Fsp3) is 0.226. The van der Waals surface area contributed by atoms with Gasteiger partial charge in [0.25, 0.3) is 0 Å². The molecule has 0 radical (unpaired) electrons. The maximum atomic E-state index is 12.7. The number of H-pyrrole nitrogens is 1. The van der Waals surface area contributed by atoms with Gasteiger partial charge in [-0.05, 0) is 93.0 Å². The minimum absolute atomic E-state index is 0.0962. The van der Waals surface area contributed by atoms with Crippen molar-refractivity contribution in [2.24, 2.45) is 0 Å². The molecule has 5 aromatic rings. The highest BCUT2D eigenvalue weighted by Crippen LogP contribution is 2.31. The zero-order chi connectivity index (χ0) is 26.8. The fourth-order valence-electron chi connectivity index (χ4n) is 5.05. The number of carbonyl (C=O) groups excluding carboxylic acids is 1. The number of ketones is 1. The number of fused-ring (bicyclic) bond motifs is 2. The summed E-state index contributed by atoms with van der Waals surface area (Å²) in [6.07, 6.45) is 9.62. The van der Waals surface area contributed by atoms with Gasteiger partial charge in [-0.2, -0.15) is 0 Å². The number of likely N-dealkylation sites (N-methyl/N-ethyl adjacent to an activating group) is 1. The van der Waals surface area contributed by atoms with E-state index >= 15 is 0 Å². The first kappa shape index (κ1) is 24.8. The number of aromatic nitrogens is 4. The molecule has 1 atom stereocenters. The van der Waals surface area contributed by atoms with Gasteiger partial charge in [-0.1, -0.05) is 12.1 Å². The number of rotatable bonds is 8. The van der Waals surface area contributed by atoms with E-state index in [1.165, 1.54) is 6.42 Å². The molecule has 8 nitrogen and oxygen atoms in total. The molecule has 1 aliphatic rings. The summed E-state index contributed by atoms with van der Waals surface area (Å²) >= 11 is 0. The minimum Gasteiger partial charge on any atom is -0.457 e.